The van der Waals surface area contributed by atoms with Crippen LogP contribution in [0.25, 0.3) is 0 Å². The fourth-order valence-corrected chi connectivity index (χ4v) is 4.07. The van der Waals surface area contributed by atoms with Gasteiger partial charge in [-0.2, -0.15) is 13.2 Å². The van der Waals surface area contributed by atoms with Gasteiger partial charge < -0.3 is 30.9 Å². The summed E-state index contributed by atoms with van der Waals surface area (Å²) in [5.74, 6) is -1.30. The molecular formula is C29H39F4N3O5. The first-order valence-corrected chi connectivity index (χ1v) is 13.5. The minimum atomic E-state index is -4.41. The molecule has 1 unspecified atom stereocenters. The van der Waals surface area contributed by atoms with Gasteiger partial charge in [-0.15, -0.1) is 0 Å². The van der Waals surface area contributed by atoms with Crippen LogP contribution in [0.3, 0.4) is 0 Å². The summed E-state index contributed by atoms with van der Waals surface area (Å²) in [6.45, 7) is 1.27. The molecule has 2 amide bonds. The molecule has 0 fully saturated rings. The normalized spacial score (nSPS) is 13.0. The number of carbonyl (C=O) groups excluding carboxylic acids is 2. The van der Waals surface area contributed by atoms with Gasteiger partial charge in [-0.05, 0) is 61.4 Å². The highest BCUT2D eigenvalue weighted by Gasteiger charge is 2.30. The number of benzene rings is 2. The van der Waals surface area contributed by atoms with Crippen LogP contribution in [0.1, 0.15) is 48.8 Å². The van der Waals surface area contributed by atoms with Crippen molar-refractivity contribution in [3.8, 4) is 5.75 Å². The summed E-state index contributed by atoms with van der Waals surface area (Å²) < 4.78 is 63.2. The number of rotatable bonds is 19. The van der Waals surface area contributed by atoms with E-state index < -0.39 is 35.5 Å². The van der Waals surface area contributed by atoms with Crippen LogP contribution >= 0.6 is 0 Å². The summed E-state index contributed by atoms with van der Waals surface area (Å²) in [4.78, 5) is 23.3. The number of unbranched alkanes of at least 4 members (excludes halogenated alkanes) is 1. The number of ether oxygens (including phenoxy) is 2. The zero-order valence-electron chi connectivity index (χ0n) is 23.1. The maximum absolute atomic E-state index is 14.1. The number of aliphatic hydroxyl groups excluding tert-OH is 1. The van der Waals surface area contributed by atoms with Gasteiger partial charge in [0.15, 0.2) is 0 Å². The molecule has 0 radical (unpaired) electrons. The molecule has 2 rings (SSSR count). The van der Waals surface area contributed by atoms with Crippen LogP contribution < -0.4 is 21.1 Å². The first kappa shape index (κ1) is 34.0. The molecule has 41 heavy (non-hydrogen) atoms. The standard InChI is InChI=1S/C29H39F4N3O5/c1-40-19-22(28(34)39)8-10-27(38)36-11-2-3-12-41-26-15-20(14-24(30)16-26)7-9-25(37)18-35-17-21-5-4-6-23(13-21)29(31,32)33/h4-6,13-16,22,25,35,37H,2-3,7-12,17-19H2,1H3,(H2,34,39)(H,36,38)/t22?,25-/m0/s1. The molecule has 0 aliphatic heterocycles. The van der Waals surface area contributed by atoms with Crippen LogP contribution in [0.15, 0.2) is 42.5 Å². The summed E-state index contributed by atoms with van der Waals surface area (Å²) in [5, 5.41) is 16.0. The number of nitrogens with two attached hydrogens (primary N) is 1. The molecule has 0 saturated heterocycles. The van der Waals surface area contributed by atoms with E-state index in [4.69, 9.17) is 15.2 Å². The van der Waals surface area contributed by atoms with Crippen molar-refractivity contribution in [2.45, 2.75) is 57.3 Å². The van der Waals surface area contributed by atoms with Gasteiger partial charge in [0.2, 0.25) is 11.8 Å². The van der Waals surface area contributed by atoms with Gasteiger partial charge in [0.05, 0.1) is 30.8 Å². The third-order valence-electron chi connectivity index (χ3n) is 6.31. The van der Waals surface area contributed by atoms with E-state index in [0.29, 0.717) is 62.1 Å². The fourth-order valence-electron chi connectivity index (χ4n) is 4.07. The second kappa shape index (κ2) is 17.6. The Labute approximate surface area is 237 Å². The molecule has 0 bridgehead atoms. The number of aliphatic hydroxyl groups is 1. The number of halogens is 4. The fraction of sp³-hybridized carbons (Fsp3) is 0.517. The molecule has 0 saturated carbocycles. The van der Waals surface area contributed by atoms with E-state index in [0.717, 1.165) is 12.1 Å². The van der Waals surface area contributed by atoms with Crippen molar-refractivity contribution in [3.63, 3.8) is 0 Å². The van der Waals surface area contributed by atoms with E-state index in [2.05, 4.69) is 10.6 Å². The molecule has 0 spiro atoms. The van der Waals surface area contributed by atoms with Crippen LogP contribution in [-0.4, -0.2) is 56.4 Å². The molecule has 0 aliphatic rings. The van der Waals surface area contributed by atoms with Crippen LogP contribution in [-0.2, 0) is 33.5 Å². The van der Waals surface area contributed by atoms with Crippen molar-refractivity contribution < 1.29 is 41.7 Å². The molecule has 0 heterocycles. The van der Waals surface area contributed by atoms with Crippen LogP contribution in [0.2, 0.25) is 0 Å². The third-order valence-corrected chi connectivity index (χ3v) is 6.31. The predicted molar refractivity (Wildman–Crippen MR) is 145 cm³/mol. The lowest BCUT2D eigenvalue weighted by molar-refractivity contribution is -0.137. The number of methoxy groups -OCH3 is 1. The number of carbonyl (C=O) groups is 2. The van der Waals surface area contributed by atoms with Gasteiger partial charge in [0.25, 0.3) is 0 Å². The summed E-state index contributed by atoms with van der Waals surface area (Å²) in [6, 6.07) is 9.32. The van der Waals surface area contributed by atoms with Crippen LogP contribution in [0, 0.1) is 11.7 Å². The average Bonchev–Trinajstić information content (AvgIpc) is 2.91. The number of hydrogen-bond donors (Lipinski definition) is 4. The number of alkyl halides is 3. The zero-order valence-corrected chi connectivity index (χ0v) is 23.1. The highest BCUT2D eigenvalue weighted by atomic mass is 19.4. The van der Waals surface area contributed by atoms with E-state index in [1.54, 1.807) is 12.1 Å². The number of hydrogen-bond acceptors (Lipinski definition) is 6. The molecule has 12 heteroatoms. The van der Waals surface area contributed by atoms with Gasteiger partial charge in [0, 0.05) is 39.2 Å². The smallest absolute Gasteiger partial charge is 0.416 e. The number of nitrogens with one attached hydrogen (secondary N) is 2. The summed E-state index contributed by atoms with van der Waals surface area (Å²) in [5.41, 5.74) is 5.66. The van der Waals surface area contributed by atoms with Crippen molar-refractivity contribution in [1.29, 1.82) is 0 Å². The van der Waals surface area contributed by atoms with E-state index in [9.17, 15) is 32.3 Å². The van der Waals surface area contributed by atoms with Crippen molar-refractivity contribution in [2.75, 3.05) is 33.4 Å². The van der Waals surface area contributed by atoms with Crippen molar-refractivity contribution in [3.05, 3.63) is 65.0 Å². The lowest BCUT2D eigenvalue weighted by Gasteiger charge is -2.14. The van der Waals surface area contributed by atoms with Gasteiger partial charge in [0.1, 0.15) is 11.6 Å². The van der Waals surface area contributed by atoms with Gasteiger partial charge in [-0.25, -0.2) is 4.39 Å². The Hall–Kier alpha value is -3.22. The van der Waals surface area contributed by atoms with Crippen molar-refractivity contribution >= 4 is 11.8 Å². The van der Waals surface area contributed by atoms with Gasteiger partial charge in [-0.1, -0.05) is 18.2 Å². The minimum absolute atomic E-state index is 0.167. The van der Waals surface area contributed by atoms with Crippen LogP contribution in [0.4, 0.5) is 17.6 Å². The molecule has 228 valence electrons. The predicted octanol–water partition coefficient (Wildman–Crippen LogP) is 3.73. The average molecular weight is 586 g/mol. The Morgan fingerprint density at radius 2 is 1.85 bits per heavy atom. The number of amides is 2. The molecule has 2 aromatic rings. The molecule has 0 aliphatic carbocycles. The summed E-state index contributed by atoms with van der Waals surface area (Å²) in [7, 11) is 1.46. The lowest BCUT2D eigenvalue weighted by Crippen LogP contribution is -2.30. The van der Waals surface area contributed by atoms with E-state index in [1.165, 1.54) is 25.3 Å². The van der Waals surface area contributed by atoms with E-state index in [1.807, 2.05) is 0 Å². The molecule has 5 N–H and O–H groups in total. The Bertz CT molecular complexity index is 1100. The Kier molecular flexibility index (Phi) is 14.6. The van der Waals surface area contributed by atoms with Crippen molar-refractivity contribution in [2.24, 2.45) is 11.7 Å². The lowest BCUT2D eigenvalue weighted by atomic mass is 10.0. The highest BCUT2D eigenvalue weighted by molar-refractivity contribution is 5.79. The number of primary amides is 1. The first-order valence-electron chi connectivity index (χ1n) is 13.5. The van der Waals surface area contributed by atoms with Gasteiger partial charge in [-0.3, -0.25) is 9.59 Å². The molecule has 0 aromatic heterocycles. The third kappa shape index (κ3) is 13.8. The largest absolute Gasteiger partial charge is 0.493 e. The maximum atomic E-state index is 14.1. The van der Waals surface area contributed by atoms with Gasteiger partial charge >= 0.3 is 6.18 Å². The van der Waals surface area contributed by atoms with E-state index >= 15 is 0 Å². The zero-order chi connectivity index (χ0) is 30.3. The monoisotopic (exact) mass is 585 g/mol. The maximum Gasteiger partial charge on any atom is 0.416 e. The Morgan fingerprint density at radius 1 is 1.07 bits per heavy atom. The second-order valence-corrected chi connectivity index (χ2v) is 9.82. The Balaban J connectivity index is 1.65. The first-order chi connectivity index (χ1) is 19.5. The Morgan fingerprint density at radius 3 is 2.56 bits per heavy atom. The summed E-state index contributed by atoms with van der Waals surface area (Å²) >= 11 is 0. The van der Waals surface area contributed by atoms with Crippen molar-refractivity contribution in [1.82, 2.24) is 10.6 Å². The highest BCUT2D eigenvalue weighted by Crippen LogP contribution is 2.29. The molecule has 2 atom stereocenters. The van der Waals surface area contributed by atoms with E-state index in [-0.39, 0.29) is 32.0 Å². The minimum Gasteiger partial charge on any atom is -0.493 e. The molecular weight excluding hydrogens is 546 g/mol. The second-order valence-electron chi connectivity index (χ2n) is 9.82. The SMILES string of the molecule is COCC(CCC(=O)NCCCCOc1cc(F)cc(CC[C@H](O)CNCc2cccc(C(F)(F)F)c2)c1)C(N)=O. The quantitative estimate of drug-likeness (QED) is 0.147. The summed E-state index contributed by atoms with van der Waals surface area (Å²) in [6.07, 6.45) is -2.73. The topological polar surface area (TPSA) is 123 Å². The molecule has 2 aromatic carbocycles. The number of aryl methyl sites for hydroxylation is 1. The molecule has 8 nitrogen and oxygen atoms in total. The van der Waals surface area contributed by atoms with Crippen LogP contribution in [0.5, 0.6) is 5.75 Å².